The molecule has 4 unspecified atom stereocenters. The van der Waals surface area contributed by atoms with Crippen molar-refractivity contribution in [3.8, 4) is 5.75 Å². The van der Waals surface area contributed by atoms with Crippen molar-refractivity contribution in [3.05, 3.63) is 29.8 Å². The molecule has 0 spiro atoms. The van der Waals surface area contributed by atoms with Crippen molar-refractivity contribution in [2.24, 2.45) is 17.4 Å². The molecule has 10 N–H and O–H groups in total. The molecule has 0 aromatic heterocycles. The lowest BCUT2D eigenvalue weighted by atomic mass is 10.0. The van der Waals surface area contributed by atoms with Crippen LogP contribution in [0.15, 0.2) is 24.3 Å². The lowest BCUT2D eigenvalue weighted by Crippen LogP contribution is -2.57. The number of aliphatic carboxylic acids is 2. The van der Waals surface area contributed by atoms with Crippen LogP contribution in [0.4, 0.5) is 0 Å². The van der Waals surface area contributed by atoms with Gasteiger partial charge in [0.25, 0.3) is 0 Å². The fourth-order valence-electron chi connectivity index (χ4n) is 3.43. The van der Waals surface area contributed by atoms with Gasteiger partial charge in [-0.1, -0.05) is 26.0 Å². The van der Waals surface area contributed by atoms with E-state index >= 15 is 0 Å². The summed E-state index contributed by atoms with van der Waals surface area (Å²) in [5.41, 5.74) is 11.6. The Morgan fingerprint density at radius 3 is 1.87 bits per heavy atom. The molecule has 0 saturated heterocycles. The molecule has 1 aromatic carbocycles. The predicted molar refractivity (Wildman–Crippen MR) is 133 cm³/mol. The molecular weight excluding hydrogens is 502 g/mol. The summed E-state index contributed by atoms with van der Waals surface area (Å²) in [6, 6.07) is 0.455. The third-order valence-corrected chi connectivity index (χ3v) is 5.37. The smallest absolute Gasteiger partial charge is 0.326 e. The van der Waals surface area contributed by atoms with Gasteiger partial charge in [-0.05, 0) is 42.9 Å². The molecule has 0 bridgehead atoms. The molecule has 0 fully saturated rings. The minimum atomic E-state index is -1.58. The van der Waals surface area contributed by atoms with Crippen LogP contribution in [-0.4, -0.2) is 75.1 Å². The second kappa shape index (κ2) is 15.1. The zero-order valence-electron chi connectivity index (χ0n) is 21.2. The number of rotatable bonds is 16. The number of carboxylic acids is 2. The Labute approximate surface area is 219 Å². The van der Waals surface area contributed by atoms with Crippen molar-refractivity contribution in [1.82, 2.24) is 16.0 Å². The second-order valence-electron chi connectivity index (χ2n) is 9.23. The van der Waals surface area contributed by atoms with Crippen LogP contribution >= 0.6 is 0 Å². The van der Waals surface area contributed by atoms with E-state index in [0.717, 1.165) is 0 Å². The molecule has 0 saturated carbocycles. The van der Waals surface area contributed by atoms with Crippen LogP contribution in [0.1, 0.15) is 45.1 Å². The maximum atomic E-state index is 12.9. The predicted octanol–water partition coefficient (Wildman–Crippen LogP) is -1.41. The van der Waals surface area contributed by atoms with Crippen LogP contribution in [0.25, 0.3) is 0 Å². The molecule has 0 radical (unpaired) electrons. The Morgan fingerprint density at radius 2 is 1.37 bits per heavy atom. The summed E-state index contributed by atoms with van der Waals surface area (Å²) in [5.74, 6) is -6.36. The number of hydrogen-bond acceptors (Lipinski definition) is 8. The van der Waals surface area contributed by atoms with Crippen molar-refractivity contribution in [3.63, 3.8) is 0 Å². The summed E-state index contributed by atoms with van der Waals surface area (Å²) in [4.78, 5) is 72.3. The van der Waals surface area contributed by atoms with E-state index < -0.39 is 66.2 Å². The minimum Gasteiger partial charge on any atom is -0.508 e. The van der Waals surface area contributed by atoms with Gasteiger partial charge in [0.05, 0.1) is 12.5 Å². The van der Waals surface area contributed by atoms with Crippen molar-refractivity contribution in [2.45, 2.75) is 70.1 Å². The number of phenols is 1. The highest BCUT2D eigenvalue weighted by atomic mass is 16.4. The van der Waals surface area contributed by atoms with Crippen molar-refractivity contribution in [1.29, 1.82) is 0 Å². The first kappa shape index (κ1) is 31.8. The Balaban J connectivity index is 2.97. The van der Waals surface area contributed by atoms with Crippen LogP contribution in [0.3, 0.4) is 0 Å². The highest BCUT2D eigenvalue weighted by Gasteiger charge is 2.32. The summed E-state index contributed by atoms with van der Waals surface area (Å²) in [7, 11) is 0. The van der Waals surface area contributed by atoms with Crippen LogP contribution in [-0.2, 0) is 35.2 Å². The number of primary amides is 1. The van der Waals surface area contributed by atoms with E-state index in [-0.39, 0.29) is 37.4 Å². The first-order chi connectivity index (χ1) is 17.7. The number of nitrogens with two attached hydrogens (primary N) is 2. The van der Waals surface area contributed by atoms with Crippen LogP contribution < -0.4 is 27.4 Å². The van der Waals surface area contributed by atoms with Crippen molar-refractivity contribution < 1.29 is 44.1 Å². The molecule has 4 atom stereocenters. The molecule has 14 heteroatoms. The van der Waals surface area contributed by atoms with Gasteiger partial charge in [-0.2, -0.15) is 0 Å². The van der Waals surface area contributed by atoms with Gasteiger partial charge in [-0.25, -0.2) is 4.79 Å². The van der Waals surface area contributed by atoms with Crippen molar-refractivity contribution in [2.75, 3.05) is 0 Å². The highest BCUT2D eigenvalue weighted by Crippen LogP contribution is 2.11. The lowest BCUT2D eigenvalue weighted by Gasteiger charge is -2.25. The summed E-state index contributed by atoms with van der Waals surface area (Å²) in [6.45, 7) is 3.49. The van der Waals surface area contributed by atoms with E-state index in [1.807, 2.05) is 0 Å². The van der Waals surface area contributed by atoms with Gasteiger partial charge >= 0.3 is 11.9 Å². The Hall–Kier alpha value is -4.20. The maximum Gasteiger partial charge on any atom is 0.326 e. The highest BCUT2D eigenvalue weighted by molar-refractivity contribution is 5.95. The van der Waals surface area contributed by atoms with Crippen LogP contribution in [0.2, 0.25) is 0 Å². The van der Waals surface area contributed by atoms with E-state index in [9.17, 15) is 44.1 Å². The zero-order valence-corrected chi connectivity index (χ0v) is 21.2. The molecule has 38 heavy (non-hydrogen) atoms. The van der Waals surface area contributed by atoms with Gasteiger partial charge in [0.1, 0.15) is 23.9 Å². The molecule has 14 nitrogen and oxygen atoms in total. The molecule has 1 rings (SSSR count). The normalized spacial score (nSPS) is 14.0. The number of nitrogens with one attached hydrogen (secondary N) is 3. The first-order valence-corrected chi connectivity index (χ1v) is 11.9. The SMILES string of the molecule is CC(C)CC(NC(=O)C(CC(=O)O)NC(=O)C(N)Cc1ccc(O)cc1)C(=O)NC(CCC(N)=O)C(=O)O. The lowest BCUT2D eigenvalue weighted by molar-refractivity contribution is -0.143. The molecule has 0 aliphatic carbocycles. The van der Waals surface area contributed by atoms with Gasteiger partial charge in [-0.3, -0.25) is 24.0 Å². The number of aromatic hydroxyl groups is 1. The minimum absolute atomic E-state index is 0.0208. The molecule has 0 aliphatic rings. The summed E-state index contributed by atoms with van der Waals surface area (Å²) in [6.07, 6.45) is -1.28. The van der Waals surface area contributed by atoms with Gasteiger partial charge in [0, 0.05) is 6.42 Å². The molecule has 4 amide bonds. The number of carbonyl (C=O) groups excluding carboxylic acids is 4. The molecule has 210 valence electrons. The number of phenolic OH excluding ortho intramolecular Hbond substituents is 1. The summed E-state index contributed by atoms with van der Waals surface area (Å²) in [5, 5.41) is 34.9. The average molecular weight is 538 g/mol. The number of carboxylic acid groups (broad SMARTS) is 2. The molecular formula is C24H35N5O9. The molecule has 1 aromatic rings. The van der Waals surface area contributed by atoms with E-state index in [1.165, 1.54) is 12.1 Å². The van der Waals surface area contributed by atoms with E-state index in [1.54, 1.807) is 26.0 Å². The van der Waals surface area contributed by atoms with Gasteiger partial charge in [0.15, 0.2) is 0 Å². The largest absolute Gasteiger partial charge is 0.508 e. The third-order valence-electron chi connectivity index (χ3n) is 5.37. The van der Waals surface area contributed by atoms with E-state index in [2.05, 4.69) is 16.0 Å². The first-order valence-electron chi connectivity index (χ1n) is 11.9. The Kier molecular flexibility index (Phi) is 12.7. The standard InChI is InChI=1S/C24H35N5O9/c1-12(2)9-17(22(35)27-16(24(37)38)7-8-19(26)31)29-23(36)18(11-20(32)33)28-21(34)15(25)10-13-3-5-14(30)6-4-13/h3-6,12,15-18,30H,7-11,25H2,1-2H3,(H2,26,31)(H,27,35)(H,28,34)(H,29,36)(H,32,33)(H,37,38). The number of amides is 4. The quantitative estimate of drug-likeness (QED) is 0.122. The number of carbonyl (C=O) groups is 6. The summed E-state index contributed by atoms with van der Waals surface area (Å²) >= 11 is 0. The van der Waals surface area contributed by atoms with Crippen LogP contribution in [0.5, 0.6) is 5.75 Å². The Morgan fingerprint density at radius 1 is 0.842 bits per heavy atom. The van der Waals surface area contributed by atoms with Crippen molar-refractivity contribution >= 4 is 35.6 Å². The van der Waals surface area contributed by atoms with E-state index in [0.29, 0.717) is 5.56 Å². The fourth-order valence-corrected chi connectivity index (χ4v) is 3.43. The van der Waals surface area contributed by atoms with Gasteiger partial charge in [0.2, 0.25) is 23.6 Å². The topological polar surface area (TPSA) is 251 Å². The fraction of sp³-hybridized carbons (Fsp3) is 0.500. The Bertz CT molecular complexity index is 1010. The average Bonchev–Trinajstić information content (AvgIpc) is 2.81. The summed E-state index contributed by atoms with van der Waals surface area (Å²) < 4.78 is 0. The zero-order chi connectivity index (χ0) is 29.0. The molecule has 0 aliphatic heterocycles. The monoisotopic (exact) mass is 537 g/mol. The van der Waals surface area contributed by atoms with E-state index in [4.69, 9.17) is 11.5 Å². The second-order valence-corrected chi connectivity index (χ2v) is 9.23. The van der Waals surface area contributed by atoms with Gasteiger partial charge in [-0.15, -0.1) is 0 Å². The number of hydrogen-bond donors (Lipinski definition) is 8. The number of benzene rings is 1. The van der Waals surface area contributed by atoms with Gasteiger partial charge < -0.3 is 42.7 Å². The third kappa shape index (κ3) is 11.7. The maximum absolute atomic E-state index is 12.9. The molecule has 0 heterocycles. The van der Waals surface area contributed by atoms with Crippen LogP contribution in [0, 0.1) is 5.92 Å².